The summed E-state index contributed by atoms with van der Waals surface area (Å²) in [5.41, 5.74) is 22.1. The maximum absolute atomic E-state index is 2.47. The van der Waals surface area contributed by atoms with Crippen molar-refractivity contribution in [2.24, 2.45) is 0 Å². The van der Waals surface area contributed by atoms with E-state index in [1.165, 1.54) is 66.1 Å². The fourth-order valence-corrected chi connectivity index (χ4v) is 13.6. The smallest absolute Gasteiger partial charge is 0.0725 e. The number of fused-ring (bicyclic) bond motifs is 12. The van der Waals surface area contributed by atoms with Gasteiger partial charge in [-0.1, -0.05) is 194 Å². The van der Waals surface area contributed by atoms with Gasteiger partial charge in [0.05, 0.1) is 5.41 Å². The van der Waals surface area contributed by atoms with Crippen LogP contribution in [0.25, 0.3) is 43.8 Å². The predicted molar refractivity (Wildman–Crippen MR) is 356 cm³/mol. The molecular formula is C81H56N4. The Morgan fingerprint density at radius 2 is 0.353 bits per heavy atom. The van der Waals surface area contributed by atoms with E-state index < -0.39 is 5.41 Å². The Morgan fingerprint density at radius 3 is 0.612 bits per heavy atom. The Labute approximate surface area is 496 Å². The number of nitrogens with zero attached hydrogens (tertiary/aromatic N) is 4. The number of benzene rings is 14. The maximum atomic E-state index is 2.47. The van der Waals surface area contributed by atoms with Crippen molar-refractivity contribution in [3.8, 4) is 22.3 Å². The lowest BCUT2D eigenvalue weighted by Gasteiger charge is -2.32. The van der Waals surface area contributed by atoms with Gasteiger partial charge in [0.15, 0.2) is 0 Å². The van der Waals surface area contributed by atoms with Gasteiger partial charge in [-0.25, -0.2) is 0 Å². The van der Waals surface area contributed by atoms with Crippen LogP contribution in [0.15, 0.2) is 340 Å². The molecule has 0 saturated carbocycles. The van der Waals surface area contributed by atoms with Gasteiger partial charge in [0.1, 0.15) is 0 Å². The van der Waals surface area contributed by atoms with E-state index in [-0.39, 0.29) is 0 Å². The molecule has 0 aromatic heterocycles. The highest BCUT2D eigenvalue weighted by atomic mass is 15.2. The van der Waals surface area contributed by atoms with Gasteiger partial charge in [-0.2, -0.15) is 0 Å². The molecule has 16 rings (SSSR count). The molecule has 2 aliphatic rings. The van der Waals surface area contributed by atoms with E-state index in [4.69, 9.17) is 0 Å². The minimum atomic E-state index is -0.709. The van der Waals surface area contributed by atoms with Crippen molar-refractivity contribution >= 4 is 89.8 Å². The van der Waals surface area contributed by atoms with Gasteiger partial charge in [-0.15, -0.1) is 0 Å². The van der Waals surface area contributed by atoms with Gasteiger partial charge in [0, 0.05) is 68.2 Å². The fraction of sp³-hybridized carbons (Fsp3) is 0.0123. The van der Waals surface area contributed by atoms with Crippen LogP contribution in [0.2, 0.25) is 0 Å². The maximum Gasteiger partial charge on any atom is 0.0725 e. The molecular weight excluding hydrogens is 1030 g/mol. The van der Waals surface area contributed by atoms with Crippen molar-refractivity contribution in [2.75, 3.05) is 19.6 Å². The second-order valence-corrected chi connectivity index (χ2v) is 22.1. The van der Waals surface area contributed by atoms with Gasteiger partial charge >= 0.3 is 0 Å². The fourth-order valence-electron chi connectivity index (χ4n) is 13.6. The standard InChI is InChI=1S/C81H56N4/c1-7-27-61(28-8-1)82(62-29-9-2-10-30-62)69-43-47-77-73(53-69)75-55-71(84(65-35-15-5-16-36-65)67-41-39-57-23-19-21-25-59(57)51-67)45-49-79(75)81(77)78-48-44-70(83(63-31-11-3-12-32-63)64-33-13-4-14-34-64)54-74(78)76-56-72(46-50-80(76)81)85(66-37-17-6-18-38-66)68-42-40-58-24-20-22-26-60(58)52-68/h1-56H. The van der Waals surface area contributed by atoms with Crippen molar-refractivity contribution in [3.05, 3.63) is 362 Å². The van der Waals surface area contributed by atoms with Crippen molar-refractivity contribution < 1.29 is 0 Å². The highest BCUT2D eigenvalue weighted by Gasteiger charge is 2.52. The molecule has 0 heterocycles. The summed E-state index contributed by atoms with van der Waals surface area (Å²) in [6, 6.07) is 125. The van der Waals surface area contributed by atoms with E-state index in [1.54, 1.807) is 0 Å². The molecule has 0 unspecified atom stereocenters. The number of hydrogen-bond donors (Lipinski definition) is 0. The zero-order chi connectivity index (χ0) is 56.3. The van der Waals surface area contributed by atoms with Crippen LogP contribution < -0.4 is 19.6 Å². The molecule has 0 atom stereocenters. The van der Waals surface area contributed by atoms with Crippen LogP contribution in [0.5, 0.6) is 0 Å². The Bertz CT molecular complexity index is 4390. The van der Waals surface area contributed by atoms with Gasteiger partial charge < -0.3 is 19.6 Å². The van der Waals surface area contributed by atoms with E-state index >= 15 is 0 Å². The molecule has 85 heavy (non-hydrogen) atoms. The third kappa shape index (κ3) is 8.37. The first-order chi connectivity index (χ1) is 42.2. The highest BCUT2D eigenvalue weighted by molar-refractivity contribution is 6.01. The predicted octanol–water partition coefficient (Wildman–Crippen LogP) is 22.2. The van der Waals surface area contributed by atoms with Crippen LogP contribution >= 0.6 is 0 Å². The molecule has 0 N–H and O–H groups in total. The third-order valence-electron chi connectivity index (χ3n) is 17.3. The number of hydrogen-bond acceptors (Lipinski definition) is 4. The third-order valence-corrected chi connectivity index (χ3v) is 17.3. The van der Waals surface area contributed by atoms with Crippen molar-refractivity contribution in [2.45, 2.75) is 5.41 Å². The van der Waals surface area contributed by atoms with Crippen LogP contribution in [-0.2, 0) is 5.41 Å². The van der Waals surface area contributed by atoms with E-state index in [0.717, 1.165) is 68.2 Å². The minimum absolute atomic E-state index is 0.709. The molecule has 0 radical (unpaired) electrons. The van der Waals surface area contributed by atoms with E-state index in [2.05, 4.69) is 359 Å². The average Bonchev–Trinajstić information content (AvgIpc) is 1.56. The summed E-state index contributed by atoms with van der Waals surface area (Å²) in [4.78, 5) is 9.62. The Hall–Kier alpha value is -11.2. The lowest BCUT2D eigenvalue weighted by molar-refractivity contribution is 0.793. The van der Waals surface area contributed by atoms with Gasteiger partial charge in [0.2, 0.25) is 0 Å². The van der Waals surface area contributed by atoms with Crippen LogP contribution in [0, 0.1) is 0 Å². The summed E-state index contributed by atoms with van der Waals surface area (Å²) in [5.74, 6) is 0. The molecule has 14 aromatic carbocycles. The first-order valence-electron chi connectivity index (χ1n) is 29.2. The Morgan fingerprint density at radius 1 is 0.153 bits per heavy atom. The van der Waals surface area contributed by atoms with Gasteiger partial charge in [0.25, 0.3) is 0 Å². The number of anilines is 12. The molecule has 2 aliphatic carbocycles. The molecule has 14 aromatic rings. The van der Waals surface area contributed by atoms with Crippen molar-refractivity contribution in [1.82, 2.24) is 0 Å². The number of rotatable bonds is 12. The summed E-state index contributed by atoms with van der Waals surface area (Å²) < 4.78 is 0. The van der Waals surface area contributed by atoms with Crippen LogP contribution in [0.1, 0.15) is 22.3 Å². The van der Waals surface area contributed by atoms with E-state index in [0.29, 0.717) is 0 Å². The molecule has 0 fully saturated rings. The van der Waals surface area contributed by atoms with E-state index in [9.17, 15) is 0 Å². The summed E-state index contributed by atoms with van der Waals surface area (Å²) in [7, 11) is 0. The quantitative estimate of drug-likeness (QED) is 0.121. The normalized spacial score (nSPS) is 12.3. The molecule has 0 aliphatic heterocycles. The van der Waals surface area contributed by atoms with E-state index in [1.807, 2.05) is 0 Å². The minimum Gasteiger partial charge on any atom is -0.310 e. The zero-order valence-corrected chi connectivity index (χ0v) is 46.6. The van der Waals surface area contributed by atoms with Gasteiger partial charge in [-0.3, -0.25) is 0 Å². The second-order valence-electron chi connectivity index (χ2n) is 22.1. The van der Waals surface area contributed by atoms with Crippen LogP contribution in [0.4, 0.5) is 68.2 Å². The van der Waals surface area contributed by atoms with Crippen LogP contribution in [-0.4, -0.2) is 0 Å². The molecule has 1 spiro atoms. The first kappa shape index (κ1) is 49.6. The number of para-hydroxylation sites is 6. The zero-order valence-electron chi connectivity index (χ0n) is 46.6. The molecule has 4 heteroatoms. The molecule has 400 valence electrons. The Balaban J connectivity index is 0.975. The second kappa shape index (κ2) is 20.7. The topological polar surface area (TPSA) is 13.0 Å². The van der Waals surface area contributed by atoms with Crippen molar-refractivity contribution in [3.63, 3.8) is 0 Å². The lowest BCUT2D eigenvalue weighted by Crippen LogP contribution is -2.26. The summed E-state index contributed by atoms with van der Waals surface area (Å²) in [6.07, 6.45) is 0. The average molecular weight is 1090 g/mol. The Kier molecular flexibility index (Phi) is 12.1. The SMILES string of the molecule is c1ccc(N(c2ccccc2)c2ccc3c(c2)-c2cc(N(c4ccccc4)c4ccc5ccccc5c4)ccc2C32c3ccc(N(c4ccccc4)c4ccccc4)cc3-c3cc(N(c4ccccc4)c4ccc5ccccc5c4)ccc32)cc1. The summed E-state index contributed by atoms with van der Waals surface area (Å²) in [6.45, 7) is 0. The molecule has 4 nitrogen and oxygen atoms in total. The molecule has 0 bridgehead atoms. The lowest BCUT2D eigenvalue weighted by atomic mass is 9.70. The van der Waals surface area contributed by atoms with Crippen LogP contribution in [0.3, 0.4) is 0 Å². The summed E-state index contributed by atoms with van der Waals surface area (Å²) >= 11 is 0. The first-order valence-corrected chi connectivity index (χ1v) is 29.2. The highest BCUT2D eigenvalue weighted by Crippen LogP contribution is 2.65. The molecule has 0 saturated heterocycles. The monoisotopic (exact) mass is 1080 g/mol. The van der Waals surface area contributed by atoms with Gasteiger partial charge in [-0.05, 0) is 212 Å². The van der Waals surface area contributed by atoms with Crippen molar-refractivity contribution in [1.29, 1.82) is 0 Å². The largest absolute Gasteiger partial charge is 0.310 e. The molecule has 0 amide bonds. The summed E-state index contributed by atoms with van der Waals surface area (Å²) in [5, 5.41) is 4.81.